The van der Waals surface area contributed by atoms with Crippen molar-refractivity contribution in [3.63, 3.8) is 0 Å². The molecule has 1 aromatic carbocycles. The fourth-order valence-corrected chi connectivity index (χ4v) is 2.44. The number of nitrogens with one attached hydrogen (secondary N) is 1. The standard InChI is InChI=1S/C12H17NO/c1-13-8-12(9-14)6-10-4-2-3-5-11(10)7-12/h2-5,13-14H,6-9H2,1H3. The number of benzene rings is 1. The Bertz CT molecular complexity index is 297. The van der Waals surface area contributed by atoms with E-state index in [9.17, 15) is 5.11 Å². The van der Waals surface area contributed by atoms with Crippen molar-refractivity contribution < 1.29 is 5.11 Å². The second-order valence-corrected chi connectivity index (χ2v) is 4.31. The van der Waals surface area contributed by atoms with Crippen molar-refractivity contribution in [3.8, 4) is 0 Å². The number of hydrogen-bond donors (Lipinski definition) is 2. The summed E-state index contributed by atoms with van der Waals surface area (Å²) in [5.41, 5.74) is 2.84. The Kier molecular flexibility index (Phi) is 2.57. The zero-order valence-corrected chi connectivity index (χ0v) is 8.59. The van der Waals surface area contributed by atoms with E-state index >= 15 is 0 Å². The summed E-state index contributed by atoms with van der Waals surface area (Å²) in [6.45, 7) is 1.15. The molecule has 0 aliphatic heterocycles. The maximum Gasteiger partial charge on any atom is 0.0506 e. The molecule has 2 rings (SSSR count). The molecule has 1 aliphatic carbocycles. The normalized spacial score (nSPS) is 18.1. The van der Waals surface area contributed by atoms with Crippen LogP contribution in [0.1, 0.15) is 11.1 Å². The predicted octanol–water partition coefficient (Wildman–Crippen LogP) is 0.983. The molecule has 0 saturated carbocycles. The van der Waals surface area contributed by atoms with E-state index in [2.05, 4.69) is 29.6 Å². The third-order valence-corrected chi connectivity index (χ3v) is 3.14. The predicted molar refractivity (Wildman–Crippen MR) is 57.3 cm³/mol. The fraction of sp³-hybridized carbons (Fsp3) is 0.500. The first-order valence-electron chi connectivity index (χ1n) is 5.12. The van der Waals surface area contributed by atoms with E-state index in [1.54, 1.807) is 0 Å². The van der Waals surface area contributed by atoms with Gasteiger partial charge in [0.15, 0.2) is 0 Å². The summed E-state index contributed by atoms with van der Waals surface area (Å²) in [6.07, 6.45) is 2.00. The zero-order valence-electron chi connectivity index (χ0n) is 8.59. The molecule has 0 radical (unpaired) electrons. The number of aliphatic hydroxyl groups excluding tert-OH is 1. The van der Waals surface area contributed by atoms with Gasteiger partial charge in [0.05, 0.1) is 6.61 Å². The van der Waals surface area contributed by atoms with Gasteiger partial charge in [-0.25, -0.2) is 0 Å². The highest BCUT2D eigenvalue weighted by molar-refractivity contribution is 5.34. The molecule has 0 heterocycles. The number of hydrogen-bond acceptors (Lipinski definition) is 2. The van der Waals surface area contributed by atoms with E-state index in [1.807, 2.05) is 7.05 Å². The molecule has 0 bridgehead atoms. The maximum absolute atomic E-state index is 9.48. The van der Waals surface area contributed by atoms with Crippen molar-refractivity contribution in [1.29, 1.82) is 0 Å². The molecule has 0 aromatic heterocycles. The number of rotatable bonds is 3. The van der Waals surface area contributed by atoms with Gasteiger partial charge in [-0.05, 0) is 31.0 Å². The summed E-state index contributed by atoms with van der Waals surface area (Å²) in [6, 6.07) is 8.49. The summed E-state index contributed by atoms with van der Waals surface area (Å²) in [4.78, 5) is 0. The monoisotopic (exact) mass is 191 g/mol. The summed E-state index contributed by atoms with van der Waals surface area (Å²) >= 11 is 0. The molecule has 2 N–H and O–H groups in total. The van der Waals surface area contributed by atoms with Crippen molar-refractivity contribution in [1.82, 2.24) is 5.32 Å². The molecule has 14 heavy (non-hydrogen) atoms. The van der Waals surface area contributed by atoms with Gasteiger partial charge in [-0.15, -0.1) is 0 Å². The third-order valence-electron chi connectivity index (χ3n) is 3.14. The first-order valence-corrected chi connectivity index (χ1v) is 5.12. The van der Waals surface area contributed by atoms with Crippen LogP contribution in [-0.4, -0.2) is 25.3 Å². The number of aliphatic hydroxyl groups is 1. The molecule has 2 nitrogen and oxygen atoms in total. The lowest BCUT2D eigenvalue weighted by molar-refractivity contribution is 0.134. The van der Waals surface area contributed by atoms with Gasteiger partial charge in [-0.3, -0.25) is 0 Å². The van der Waals surface area contributed by atoms with Crippen LogP contribution in [0.4, 0.5) is 0 Å². The average molecular weight is 191 g/mol. The highest BCUT2D eigenvalue weighted by Gasteiger charge is 2.35. The molecule has 0 saturated heterocycles. The van der Waals surface area contributed by atoms with Crippen LogP contribution in [0.3, 0.4) is 0 Å². The van der Waals surface area contributed by atoms with E-state index in [0.717, 1.165) is 19.4 Å². The van der Waals surface area contributed by atoms with Gasteiger partial charge in [0.1, 0.15) is 0 Å². The van der Waals surface area contributed by atoms with Gasteiger partial charge in [0.2, 0.25) is 0 Å². The van der Waals surface area contributed by atoms with Crippen LogP contribution in [0, 0.1) is 5.41 Å². The molecular weight excluding hydrogens is 174 g/mol. The fourth-order valence-electron chi connectivity index (χ4n) is 2.44. The minimum Gasteiger partial charge on any atom is -0.396 e. The van der Waals surface area contributed by atoms with Crippen molar-refractivity contribution in [3.05, 3.63) is 35.4 Å². The molecule has 0 amide bonds. The van der Waals surface area contributed by atoms with Gasteiger partial charge >= 0.3 is 0 Å². The van der Waals surface area contributed by atoms with Crippen LogP contribution in [-0.2, 0) is 12.8 Å². The average Bonchev–Trinajstić information content (AvgIpc) is 2.57. The summed E-state index contributed by atoms with van der Waals surface area (Å²) in [5, 5.41) is 12.7. The Morgan fingerprint density at radius 1 is 1.29 bits per heavy atom. The third kappa shape index (κ3) is 1.56. The molecule has 2 heteroatoms. The second kappa shape index (κ2) is 3.71. The van der Waals surface area contributed by atoms with Gasteiger partial charge in [-0.1, -0.05) is 24.3 Å². The van der Waals surface area contributed by atoms with Crippen molar-refractivity contribution in [2.24, 2.45) is 5.41 Å². The van der Waals surface area contributed by atoms with Crippen LogP contribution >= 0.6 is 0 Å². The van der Waals surface area contributed by atoms with E-state index in [-0.39, 0.29) is 12.0 Å². The Morgan fingerprint density at radius 3 is 2.29 bits per heavy atom. The van der Waals surface area contributed by atoms with Crippen LogP contribution in [0.2, 0.25) is 0 Å². The van der Waals surface area contributed by atoms with Crippen molar-refractivity contribution in [2.75, 3.05) is 20.2 Å². The van der Waals surface area contributed by atoms with Gasteiger partial charge in [0, 0.05) is 12.0 Å². The molecular formula is C12H17NO. The van der Waals surface area contributed by atoms with Gasteiger partial charge in [0.25, 0.3) is 0 Å². The lowest BCUT2D eigenvalue weighted by Crippen LogP contribution is -2.36. The molecule has 1 aromatic rings. The van der Waals surface area contributed by atoms with Crippen LogP contribution in [0.5, 0.6) is 0 Å². The highest BCUT2D eigenvalue weighted by Crippen LogP contribution is 2.35. The second-order valence-electron chi connectivity index (χ2n) is 4.31. The molecule has 0 spiro atoms. The first kappa shape index (κ1) is 9.69. The number of fused-ring (bicyclic) bond motifs is 1. The summed E-state index contributed by atoms with van der Waals surface area (Å²) < 4.78 is 0. The molecule has 0 unspecified atom stereocenters. The topological polar surface area (TPSA) is 32.3 Å². The van der Waals surface area contributed by atoms with E-state index in [0.29, 0.717) is 0 Å². The Hall–Kier alpha value is -0.860. The van der Waals surface area contributed by atoms with Crippen molar-refractivity contribution in [2.45, 2.75) is 12.8 Å². The van der Waals surface area contributed by atoms with E-state index in [1.165, 1.54) is 11.1 Å². The van der Waals surface area contributed by atoms with Gasteiger partial charge < -0.3 is 10.4 Å². The molecule has 76 valence electrons. The van der Waals surface area contributed by atoms with E-state index in [4.69, 9.17) is 0 Å². The molecule has 0 atom stereocenters. The maximum atomic E-state index is 9.48. The van der Waals surface area contributed by atoms with Crippen molar-refractivity contribution >= 4 is 0 Å². The lowest BCUT2D eigenvalue weighted by atomic mass is 9.86. The minimum absolute atomic E-state index is 0.0401. The quantitative estimate of drug-likeness (QED) is 0.746. The zero-order chi connectivity index (χ0) is 10.0. The lowest BCUT2D eigenvalue weighted by Gasteiger charge is -2.25. The summed E-state index contributed by atoms with van der Waals surface area (Å²) in [7, 11) is 1.94. The molecule has 0 fully saturated rings. The Balaban J connectivity index is 2.23. The highest BCUT2D eigenvalue weighted by atomic mass is 16.3. The van der Waals surface area contributed by atoms with Crippen LogP contribution in [0.15, 0.2) is 24.3 Å². The van der Waals surface area contributed by atoms with Crippen LogP contribution < -0.4 is 5.32 Å². The largest absolute Gasteiger partial charge is 0.396 e. The Labute approximate surface area is 85.0 Å². The summed E-state index contributed by atoms with van der Waals surface area (Å²) in [5.74, 6) is 0. The molecule has 1 aliphatic rings. The smallest absolute Gasteiger partial charge is 0.0506 e. The van der Waals surface area contributed by atoms with E-state index < -0.39 is 0 Å². The Morgan fingerprint density at radius 2 is 1.86 bits per heavy atom. The first-order chi connectivity index (χ1) is 6.79. The minimum atomic E-state index is 0.0401. The SMILES string of the molecule is CNCC1(CO)Cc2ccccc2C1. The van der Waals surface area contributed by atoms with Gasteiger partial charge in [-0.2, -0.15) is 0 Å². The van der Waals surface area contributed by atoms with Crippen LogP contribution in [0.25, 0.3) is 0 Å².